The molecule has 1 heterocycles. The highest BCUT2D eigenvalue weighted by molar-refractivity contribution is 14.0. The summed E-state index contributed by atoms with van der Waals surface area (Å²) in [4.78, 5) is 8.88. The minimum atomic E-state index is 0. The zero-order valence-electron chi connectivity index (χ0n) is 15.2. The monoisotopic (exact) mass is 474 g/mol. The third-order valence-electron chi connectivity index (χ3n) is 3.59. The summed E-state index contributed by atoms with van der Waals surface area (Å²) in [5.74, 6) is 2.15. The van der Waals surface area contributed by atoms with Crippen molar-refractivity contribution in [2.45, 2.75) is 32.7 Å². The summed E-state index contributed by atoms with van der Waals surface area (Å²) in [6, 6.07) is 8.13. The van der Waals surface area contributed by atoms with Gasteiger partial charge < -0.3 is 15.4 Å². The molecule has 0 bridgehead atoms. The predicted octanol–water partition coefficient (Wildman–Crippen LogP) is 3.80. The Bertz CT molecular complexity index is 655. The quantitative estimate of drug-likeness (QED) is 0.364. The second-order valence-electron chi connectivity index (χ2n) is 5.78. The topological polar surface area (TPSA) is 58.5 Å². The van der Waals surface area contributed by atoms with Crippen LogP contribution in [0.3, 0.4) is 0 Å². The SMILES string of the molecule is CN=C(NCCc1ccc(OC)cc1)NCc1csc(C(C)C)n1.I. The van der Waals surface area contributed by atoms with Crippen molar-refractivity contribution in [1.29, 1.82) is 0 Å². The summed E-state index contributed by atoms with van der Waals surface area (Å²) in [6.45, 7) is 5.83. The fourth-order valence-corrected chi connectivity index (χ4v) is 3.02. The van der Waals surface area contributed by atoms with Gasteiger partial charge in [-0.1, -0.05) is 26.0 Å². The molecule has 0 aliphatic heterocycles. The van der Waals surface area contributed by atoms with Gasteiger partial charge in [-0.2, -0.15) is 0 Å². The summed E-state index contributed by atoms with van der Waals surface area (Å²) < 4.78 is 5.17. The molecule has 0 saturated heterocycles. The predicted molar refractivity (Wildman–Crippen MR) is 117 cm³/mol. The van der Waals surface area contributed by atoms with Crippen molar-refractivity contribution in [3.8, 4) is 5.75 Å². The van der Waals surface area contributed by atoms with Crippen molar-refractivity contribution in [1.82, 2.24) is 15.6 Å². The molecule has 0 aliphatic rings. The minimum Gasteiger partial charge on any atom is -0.497 e. The molecule has 7 heteroatoms. The van der Waals surface area contributed by atoms with Gasteiger partial charge in [0.05, 0.1) is 24.4 Å². The first-order valence-electron chi connectivity index (χ1n) is 8.14. The van der Waals surface area contributed by atoms with Gasteiger partial charge in [-0.3, -0.25) is 4.99 Å². The molecule has 0 aliphatic carbocycles. The van der Waals surface area contributed by atoms with E-state index >= 15 is 0 Å². The number of methoxy groups -OCH3 is 1. The zero-order chi connectivity index (χ0) is 17.4. The van der Waals surface area contributed by atoms with Crippen LogP contribution < -0.4 is 15.4 Å². The number of hydrogen-bond acceptors (Lipinski definition) is 4. The number of thiazole rings is 1. The molecule has 0 radical (unpaired) electrons. The Kier molecular flexibility index (Phi) is 9.81. The second-order valence-corrected chi connectivity index (χ2v) is 6.67. The number of guanidine groups is 1. The number of aliphatic imine (C=N–C) groups is 1. The van der Waals surface area contributed by atoms with Gasteiger partial charge in [-0.05, 0) is 24.1 Å². The maximum atomic E-state index is 5.17. The smallest absolute Gasteiger partial charge is 0.191 e. The normalized spacial score (nSPS) is 11.2. The molecule has 1 aromatic carbocycles. The van der Waals surface area contributed by atoms with Crippen LogP contribution in [-0.4, -0.2) is 31.6 Å². The molecular formula is C18H27IN4OS. The highest BCUT2D eigenvalue weighted by Gasteiger charge is 2.06. The maximum absolute atomic E-state index is 5.17. The number of rotatable bonds is 7. The number of aromatic nitrogens is 1. The molecule has 0 amide bonds. The number of hydrogen-bond donors (Lipinski definition) is 2. The highest BCUT2D eigenvalue weighted by atomic mass is 127. The van der Waals surface area contributed by atoms with Crippen molar-refractivity contribution in [3.05, 3.63) is 45.9 Å². The third-order valence-corrected chi connectivity index (χ3v) is 4.78. The Balaban J connectivity index is 0.00000312. The number of ether oxygens (including phenoxy) is 1. The van der Waals surface area contributed by atoms with E-state index in [4.69, 9.17) is 4.74 Å². The van der Waals surface area contributed by atoms with E-state index in [1.807, 2.05) is 12.1 Å². The Morgan fingerprint density at radius 2 is 1.96 bits per heavy atom. The molecule has 2 N–H and O–H groups in total. The van der Waals surface area contributed by atoms with Crippen LogP contribution in [0.2, 0.25) is 0 Å². The maximum Gasteiger partial charge on any atom is 0.191 e. The third kappa shape index (κ3) is 7.19. The number of nitrogens with one attached hydrogen (secondary N) is 2. The van der Waals surface area contributed by atoms with Crippen molar-refractivity contribution < 1.29 is 4.74 Å². The first kappa shape index (κ1) is 21.7. The number of halogens is 1. The van der Waals surface area contributed by atoms with Crippen LogP contribution in [0.1, 0.15) is 36.0 Å². The lowest BCUT2D eigenvalue weighted by atomic mass is 10.1. The summed E-state index contributed by atoms with van der Waals surface area (Å²) in [6.07, 6.45) is 0.929. The van der Waals surface area contributed by atoms with Gasteiger partial charge in [0.2, 0.25) is 0 Å². The molecular weight excluding hydrogens is 447 g/mol. The van der Waals surface area contributed by atoms with Crippen LogP contribution in [0.25, 0.3) is 0 Å². The van der Waals surface area contributed by atoms with Crippen LogP contribution in [0.15, 0.2) is 34.6 Å². The lowest BCUT2D eigenvalue weighted by Gasteiger charge is -2.11. The average Bonchev–Trinajstić information content (AvgIpc) is 3.08. The number of benzene rings is 1. The van der Waals surface area contributed by atoms with Crippen LogP contribution >= 0.6 is 35.3 Å². The Hall–Kier alpha value is -1.35. The van der Waals surface area contributed by atoms with E-state index in [0.717, 1.165) is 30.4 Å². The fourth-order valence-electron chi connectivity index (χ4n) is 2.18. The molecule has 0 fully saturated rings. The van der Waals surface area contributed by atoms with E-state index in [9.17, 15) is 0 Å². The Labute approximate surface area is 171 Å². The van der Waals surface area contributed by atoms with E-state index in [1.54, 1.807) is 25.5 Å². The summed E-state index contributed by atoms with van der Waals surface area (Å²) >= 11 is 1.71. The molecule has 5 nitrogen and oxygen atoms in total. The summed E-state index contributed by atoms with van der Waals surface area (Å²) in [7, 11) is 3.46. The molecule has 0 atom stereocenters. The van der Waals surface area contributed by atoms with E-state index in [2.05, 4.69) is 52.0 Å². The molecule has 2 aromatic rings. The van der Waals surface area contributed by atoms with E-state index in [0.29, 0.717) is 12.5 Å². The largest absolute Gasteiger partial charge is 0.497 e. The van der Waals surface area contributed by atoms with Gasteiger partial charge in [-0.15, -0.1) is 35.3 Å². The van der Waals surface area contributed by atoms with Gasteiger partial charge in [0.25, 0.3) is 0 Å². The van der Waals surface area contributed by atoms with Crippen LogP contribution in [0.4, 0.5) is 0 Å². The molecule has 0 unspecified atom stereocenters. The summed E-state index contributed by atoms with van der Waals surface area (Å²) in [5.41, 5.74) is 2.32. The fraction of sp³-hybridized carbons (Fsp3) is 0.444. The highest BCUT2D eigenvalue weighted by Crippen LogP contribution is 2.18. The van der Waals surface area contributed by atoms with Gasteiger partial charge in [0.15, 0.2) is 5.96 Å². The van der Waals surface area contributed by atoms with E-state index in [-0.39, 0.29) is 24.0 Å². The van der Waals surface area contributed by atoms with E-state index in [1.165, 1.54) is 10.6 Å². The van der Waals surface area contributed by atoms with Gasteiger partial charge in [0, 0.05) is 24.9 Å². The van der Waals surface area contributed by atoms with Crippen molar-refractivity contribution in [2.75, 3.05) is 20.7 Å². The molecule has 0 saturated carbocycles. The standard InChI is InChI=1S/C18H26N4OS.HI/c1-13(2)17-22-15(12-24-17)11-21-18(19-3)20-10-9-14-5-7-16(23-4)8-6-14;/h5-8,12-13H,9-11H2,1-4H3,(H2,19,20,21);1H. The molecule has 2 rings (SSSR count). The van der Waals surface area contributed by atoms with Crippen LogP contribution in [0.5, 0.6) is 5.75 Å². The van der Waals surface area contributed by atoms with Gasteiger partial charge in [-0.25, -0.2) is 4.98 Å². The molecule has 0 spiro atoms. The first-order valence-corrected chi connectivity index (χ1v) is 9.02. The Morgan fingerprint density at radius 1 is 1.24 bits per heavy atom. The van der Waals surface area contributed by atoms with Gasteiger partial charge in [0.1, 0.15) is 5.75 Å². The zero-order valence-corrected chi connectivity index (χ0v) is 18.4. The lowest BCUT2D eigenvalue weighted by molar-refractivity contribution is 0.414. The van der Waals surface area contributed by atoms with Crippen molar-refractivity contribution in [2.24, 2.45) is 4.99 Å². The van der Waals surface area contributed by atoms with Gasteiger partial charge >= 0.3 is 0 Å². The van der Waals surface area contributed by atoms with Crippen molar-refractivity contribution in [3.63, 3.8) is 0 Å². The second kappa shape index (κ2) is 11.3. The minimum absolute atomic E-state index is 0. The average molecular weight is 474 g/mol. The van der Waals surface area contributed by atoms with Crippen LogP contribution in [0, 0.1) is 0 Å². The molecule has 1 aromatic heterocycles. The molecule has 25 heavy (non-hydrogen) atoms. The van der Waals surface area contributed by atoms with Crippen molar-refractivity contribution >= 4 is 41.3 Å². The number of nitrogens with zero attached hydrogens (tertiary/aromatic N) is 2. The van der Waals surface area contributed by atoms with Crippen LogP contribution in [-0.2, 0) is 13.0 Å². The Morgan fingerprint density at radius 3 is 2.52 bits per heavy atom. The summed E-state index contributed by atoms with van der Waals surface area (Å²) in [5, 5.41) is 9.91. The first-order chi connectivity index (χ1) is 11.6. The lowest BCUT2D eigenvalue weighted by Crippen LogP contribution is -2.37. The molecule has 138 valence electrons. The van der Waals surface area contributed by atoms with E-state index < -0.39 is 0 Å².